The smallest absolute Gasteiger partial charge is 0.216 e. The van der Waals surface area contributed by atoms with E-state index in [0.717, 1.165) is 0 Å². The molecular weight excluding hydrogens is 166 g/mol. The van der Waals surface area contributed by atoms with E-state index < -0.39 is 0 Å². The Morgan fingerprint density at radius 3 is 2.77 bits per heavy atom. The van der Waals surface area contributed by atoms with Gasteiger partial charge in [-0.1, -0.05) is 30.3 Å². The molecule has 1 heterocycles. The second kappa shape index (κ2) is 3.87. The van der Waals surface area contributed by atoms with E-state index in [9.17, 15) is 0 Å². The van der Waals surface area contributed by atoms with Gasteiger partial charge in [0.25, 0.3) is 0 Å². The van der Waals surface area contributed by atoms with Gasteiger partial charge in [0.05, 0.1) is 12.6 Å². The van der Waals surface area contributed by atoms with Crippen molar-refractivity contribution in [1.82, 2.24) is 5.32 Å². The number of nitrogens with one attached hydrogen (secondary N) is 1. The molecule has 0 spiro atoms. The summed E-state index contributed by atoms with van der Waals surface area (Å²) < 4.78 is 10.4. The first-order chi connectivity index (χ1) is 6.40. The van der Waals surface area contributed by atoms with Crippen molar-refractivity contribution >= 4 is 0 Å². The number of methoxy groups -OCH3 is 1. The molecule has 13 heavy (non-hydrogen) atoms. The van der Waals surface area contributed by atoms with Gasteiger partial charge >= 0.3 is 0 Å². The first-order valence-electron chi connectivity index (χ1n) is 4.35. The second-order valence-corrected chi connectivity index (χ2v) is 3.03. The van der Waals surface area contributed by atoms with Gasteiger partial charge in [0.15, 0.2) is 0 Å². The summed E-state index contributed by atoms with van der Waals surface area (Å²) in [5.74, 6) is 0. The highest BCUT2D eigenvalue weighted by atomic mass is 16.7. The number of hydrogen-bond acceptors (Lipinski definition) is 3. The Labute approximate surface area is 77.7 Å². The first kappa shape index (κ1) is 8.69. The number of ether oxygens (including phenoxy) is 2. The third-order valence-corrected chi connectivity index (χ3v) is 2.17. The fourth-order valence-corrected chi connectivity index (χ4v) is 1.46. The van der Waals surface area contributed by atoms with Gasteiger partial charge in [-0.3, -0.25) is 5.32 Å². The van der Waals surface area contributed by atoms with Gasteiger partial charge < -0.3 is 9.47 Å². The van der Waals surface area contributed by atoms with Gasteiger partial charge in [-0.15, -0.1) is 0 Å². The summed E-state index contributed by atoms with van der Waals surface area (Å²) in [6.45, 7) is 0.669. The zero-order valence-corrected chi connectivity index (χ0v) is 7.57. The Hall–Kier alpha value is -0.900. The molecule has 2 atom stereocenters. The van der Waals surface area contributed by atoms with Gasteiger partial charge in [0, 0.05) is 7.11 Å². The quantitative estimate of drug-likeness (QED) is 0.741. The summed E-state index contributed by atoms with van der Waals surface area (Å²) in [5, 5.41) is 3.21. The molecule has 1 aromatic carbocycles. The number of rotatable bonds is 2. The van der Waals surface area contributed by atoms with E-state index >= 15 is 0 Å². The summed E-state index contributed by atoms with van der Waals surface area (Å²) in [6.07, 6.45) is -0.259. The largest absolute Gasteiger partial charge is 0.343 e. The van der Waals surface area contributed by atoms with Crippen molar-refractivity contribution in [2.75, 3.05) is 13.7 Å². The van der Waals surface area contributed by atoms with Crippen molar-refractivity contribution in [3.05, 3.63) is 35.9 Å². The maximum absolute atomic E-state index is 5.34. The summed E-state index contributed by atoms with van der Waals surface area (Å²) >= 11 is 0. The van der Waals surface area contributed by atoms with Crippen LogP contribution in [0.4, 0.5) is 0 Å². The lowest BCUT2D eigenvalue weighted by Crippen LogP contribution is -2.26. The lowest BCUT2D eigenvalue weighted by atomic mass is 10.1. The second-order valence-electron chi connectivity index (χ2n) is 3.03. The van der Waals surface area contributed by atoms with Crippen LogP contribution in [0.25, 0.3) is 0 Å². The molecule has 0 aromatic heterocycles. The molecular formula is C10H13NO2. The Bertz CT molecular complexity index is 263. The van der Waals surface area contributed by atoms with Crippen LogP contribution >= 0.6 is 0 Å². The van der Waals surface area contributed by atoms with E-state index in [1.807, 2.05) is 18.2 Å². The van der Waals surface area contributed by atoms with E-state index in [1.165, 1.54) is 5.56 Å². The maximum atomic E-state index is 5.34. The maximum Gasteiger partial charge on any atom is 0.216 e. The van der Waals surface area contributed by atoms with Crippen LogP contribution < -0.4 is 5.32 Å². The van der Waals surface area contributed by atoms with E-state index in [0.29, 0.717) is 6.61 Å². The van der Waals surface area contributed by atoms with Crippen LogP contribution in [0.1, 0.15) is 11.6 Å². The Morgan fingerprint density at radius 1 is 1.38 bits per heavy atom. The minimum atomic E-state index is -0.259. The molecule has 70 valence electrons. The van der Waals surface area contributed by atoms with Crippen LogP contribution in [-0.4, -0.2) is 20.1 Å². The highest BCUT2D eigenvalue weighted by Crippen LogP contribution is 2.19. The highest BCUT2D eigenvalue weighted by molar-refractivity contribution is 5.19. The first-order valence-corrected chi connectivity index (χ1v) is 4.35. The van der Waals surface area contributed by atoms with Crippen LogP contribution in [0.5, 0.6) is 0 Å². The normalized spacial score (nSPS) is 27.8. The molecule has 0 radical (unpaired) electrons. The molecule has 1 aliphatic rings. The van der Waals surface area contributed by atoms with Crippen LogP contribution in [0.15, 0.2) is 30.3 Å². The van der Waals surface area contributed by atoms with Crippen molar-refractivity contribution in [1.29, 1.82) is 0 Å². The molecule has 0 bridgehead atoms. The van der Waals surface area contributed by atoms with Crippen molar-refractivity contribution in [3.8, 4) is 0 Å². The van der Waals surface area contributed by atoms with E-state index in [-0.39, 0.29) is 12.5 Å². The molecule has 1 aliphatic heterocycles. The molecule has 3 nitrogen and oxygen atoms in total. The van der Waals surface area contributed by atoms with Crippen molar-refractivity contribution in [3.63, 3.8) is 0 Å². The van der Waals surface area contributed by atoms with Crippen LogP contribution in [0.3, 0.4) is 0 Å². The summed E-state index contributed by atoms with van der Waals surface area (Å²) in [5.41, 5.74) is 1.24. The van der Waals surface area contributed by atoms with Crippen molar-refractivity contribution in [2.24, 2.45) is 0 Å². The molecule has 3 heteroatoms. The zero-order valence-electron chi connectivity index (χ0n) is 7.57. The van der Waals surface area contributed by atoms with Gasteiger partial charge in [-0.2, -0.15) is 0 Å². The molecule has 1 aromatic rings. The van der Waals surface area contributed by atoms with E-state index in [1.54, 1.807) is 7.11 Å². The number of benzene rings is 1. The monoisotopic (exact) mass is 179 g/mol. The summed E-state index contributed by atoms with van der Waals surface area (Å²) in [4.78, 5) is 0. The van der Waals surface area contributed by atoms with Crippen LogP contribution in [0.2, 0.25) is 0 Å². The minimum Gasteiger partial charge on any atom is -0.343 e. The van der Waals surface area contributed by atoms with Gasteiger partial charge in [0.2, 0.25) is 6.41 Å². The molecule has 1 N–H and O–H groups in total. The van der Waals surface area contributed by atoms with E-state index in [4.69, 9.17) is 9.47 Å². The Balaban J connectivity index is 2.04. The third-order valence-electron chi connectivity index (χ3n) is 2.17. The van der Waals surface area contributed by atoms with Gasteiger partial charge in [-0.05, 0) is 5.56 Å². The third kappa shape index (κ3) is 1.88. The SMILES string of the molecule is COC1NC(c2ccccc2)CO1. The van der Waals surface area contributed by atoms with Crippen LogP contribution in [0, 0.1) is 0 Å². The lowest BCUT2D eigenvalue weighted by molar-refractivity contribution is -0.100. The highest BCUT2D eigenvalue weighted by Gasteiger charge is 2.24. The fraction of sp³-hybridized carbons (Fsp3) is 0.400. The fourth-order valence-electron chi connectivity index (χ4n) is 1.46. The molecule has 1 saturated heterocycles. The van der Waals surface area contributed by atoms with Crippen molar-refractivity contribution in [2.45, 2.75) is 12.5 Å². The average molecular weight is 179 g/mol. The van der Waals surface area contributed by atoms with Gasteiger partial charge in [-0.25, -0.2) is 0 Å². The predicted octanol–water partition coefficient (Wildman–Crippen LogP) is 1.28. The summed E-state index contributed by atoms with van der Waals surface area (Å²) in [6, 6.07) is 10.5. The molecule has 2 rings (SSSR count). The summed E-state index contributed by atoms with van der Waals surface area (Å²) in [7, 11) is 1.63. The Morgan fingerprint density at radius 2 is 2.15 bits per heavy atom. The number of hydrogen-bond donors (Lipinski definition) is 1. The molecule has 0 saturated carbocycles. The Kier molecular flexibility index (Phi) is 2.59. The topological polar surface area (TPSA) is 30.5 Å². The van der Waals surface area contributed by atoms with Crippen molar-refractivity contribution < 1.29 is 9.47 Å². The zero-order chi connectivity index (χ0) is 9.10. The lowest BCUT2D eigenvalue weighted by Gasteiger charge is -2.10. The van der Waals surface area contributed by atoms with Crippen LogP contribution in [-0.2, 0) is 9.47 Å². The molecule has 1 fully saturated rings. The minimum absolute atomic E-state index is 0.256. The molecule has 2 unspecified atom stereocenters. The molecule has 0 aliphatic carbocycles. The average Bonchev–Trinajstić information content (AvgIpc) is 2.67. The van der Waals surface area contributed by atoms with E-state index in [2.05, 4.69) is 17.4 Å². The van der Waals surface area contributed by atoms with Gasteiger partial charge in [0.1, 0.15) is 0 Å². The standard InChI is InChI=1S/C10H13NO2/c1-12-10-11-9(7-13-10)8-5-3-2-4-6-8/h2-6,9-11H,7H2,1H3. The predicted molar refractivity (Wildman–Crippen MR) is 49.1 cm³/mol. The molecule has 0 amide bonds.